The number of nitrogens with zero attached hydrogens (tertiary/aromatic N) is 1. The summed E-state index contributed by atoms with van der Waals surface area (Å²) in [6, 6.07) is 10.5. The first kappa shape index (κ1) is 10.9. The molecule has 0 atom stereocenters. The summed E-state index contributed by atoms with van der Waals surface area (Å²) >= 11 is 0. The van der Waals surface area contributed by atoms with Gasteiger partial charge in [0.15, 0.2) is 6.39 Å². The average molecular weight is 216 g/mol. The van der Waals surface area contributed by atoms with Gasteiger partial charge in [-0.3, -0.25) is 0 Å². The molecule has 3 nitrogen and oxygen atoms in total. The lowest BCUT2D eigenvalue weighted by Gasteiger charge is -2.02. The lowest BCUT2D eigenvalue weighted by Crippen LogP contribution is -2.14. The quantitative estimate of drug-likeness (QED) is 0.753. The summed E-state index contributed by atoms with van der Waals surface area (Å²) < 4.78 is 5.12. The largest absolute Gasteiger partial charge is 0.447 e. The molecule has 2 aromatic rings. The van der Waals surface area contributed by atoms with Crippen LogP contribution in [0.1, 0.15) is 17.7 Å². The minimum atomic E-state index is 0.759. The van der Waals surface area contributed by atoms with Crippen molar-refractivity contribution in [3.05, 3.63) is 54.2 Å². The minimum Gasteiger partial charge on any atom is -0.447 e. The zero-order chi connectivity index (χ0) is 11.1. The Kier molecular flexibility index (Phi) is 4.14. The van der Waals surface area contributed by atoms with Gasteiger partial charge in [-0.25, -0.2) is 4.98 Å². The van der Waals surface area contributed by atoms with Gasteiger partial charge in [-0.1, -0.05) is 30.3 Å². The van der Waals surface area contributed by atoms with Crippen molar-refractivity contribution in [3.63, 3.8) is 0 Å². The van der Waals surface area contributed by atoms with E-state index < -0.39 is 0 Å². The molecular formula is C13H16N2O. The van der Waals surface area contributed by atoms with E-state index in [1.54, 1.807) is 6.20 Å². The van der Waals surface area contributed by atoms with Crippen LogP contribution in [0.5, 0.6) is 0 Å². The van der Waals surface area contributed by atoms with E-state index in [1.807, 2.05) is 6.07 Å². The monoisotopic (exact) mass is 216 g/mol. The van der Waals surface area contributed by atoms with Crippen LogP contribution in [0.3, 0.4) is 0 Å². The Bertz CT molecular complexity index is 384. The van der Waals surface area contributed by atoms with Crippen LogP contribution in [0.4, 0.5) is 0 Å². The van der Waals surface area contributed by atoms with E-state index in [9.17, 15) is 0 Å². The lowest BCUT2D eigenvalue weighted by atomic mass is 10.1. The molecule has 0 aliphatic carbocycles. The van der Waals surface area contributed by atoms with Gasteiger partial charge in [-0.2, -0.15) is 0 Å². The van der Waals surface area contributed by atoms with Gasteiger partial charge in [0.05, 0.1) is 12.7 Å². The van der Waals surface area contributed by atoms with Crippen molar-refractivity contribution in [2.24, 2.45) is 0 Å². The second kappa shape index (κ2) is 6.08. The van der Waals surface area contributed by atoms with Crippen molar-refractivity contribution < 1.29 is 4.42 Å². The third kappa shape index (κ3) is 3.51. The second-order valence-corrected chi connectivity index (χ2v) is 3.73. The molecule has 0 spiro atoms. The number of benzene rings is 1. The molecule has 0 bridgehead atoms. The standard InChI is InChI=1S/C13H16N2O/c1-2-5-12(6-3-1)7-4-8-14-9-13-10-15-11-16-13/h1-3,5-6,10-11,14H,4,7-9H2. The first-order valence-corrected chi connectivity index (χ1v) is 5.57. The topological polar surface area (TPSA) is 38.1 Å². The van der Waals surface area contributed by atoms with Gasteiger partial charge >= 0.3 is 0 Å². The molecule has 0 saturated carbocycles. The normalized spacial score (nSPS) is 10.5. The lowest BCUT2D eigenvalue weighted by molar-refractivity contribution is 0.477. The number of aryl methyl sites for hydroxylation is 1. The summed E-state index contributed by atoms with van der Waals surface area (Å²) in [5.41, 5.74) is 1.39. The molecule has 0 fully saturated rings. The highest BCUT2D eigenvalue weighted by molar-refractivity contribution is 5.14. The van der Waals surface area contributed by atoms with Crippen molar-refractivity contribution in [1.82, 2.24) is 10.3 Å². The molecule has 0 aliphatic rings. The van der Waals surface area contributed by atoms with E-state index in [2.05, 4.69) is 34.6 Å². The Balaban J connectivity index is 1.59. The van der Waals surface area contributed by atoms with Gasteiger partial charge in [0.25, 0.3) is 0 Å². The molecule has 2 rings (SSSR count). The summed E-state index contributed by atoms with van der Waals surface area (Å²) in [6.07, 6.45) is 5.45. The van der Waals surface area contributed by atoms with Crippen molar-refractivity contribution >= 4 is 0 Å². The van der Waals surface area contributed by atoms with Crippen LogP contribution < -0.4 is 5.32 Å². The van der Waals surface area contributed by atoms with E-state index in [0.29, 0.717) is 0 Å². The van der Waals surface area contributed by atoms with Crippen molar-refractivity contribution in [2.75, 3.05) is 6.54 Å². The van der Waals surface area contributed by atoms with Crippen LogP contribution in [0.2, 0.25) is 0 Å². The Labute approximate surface area is 95.5 Å². The van der Waals surface area contributed by atoms with Gasteiger partial charge in [0, 0.05) is 0 Å². The predicted molar refractivity (Wildman–Crippen MR) is 63.0 cm³/mol. The maximum Gasteiger partial charge on any atom is 0.180 e. The van der Waals surface area contributed by atoms with E-state index in [1.165, 1.54) is 12.0 Å². The summed E-state index contributed by atoms with van der Waals surface area (Å²) in [5.74, 6) is 0.889. The number of oxazole rings is 1. The van der Waals surface area contributed by atoms with Crippen molar-refractivity contribution in [1.29, 1.82) is 0 Å². The average Bonchev–Trinajstić information content (AvgIpc) is 2.83. The van der Waals surface area contributed by atoms with Crippen LogP contribution in [0.15, 0.2) is 47.3 Å². The highest BCUT2D eigenvalue weighted by Crippen LogP contribution is 2.01. The molecule has 0 amide bonds. The summed E-state index contributed by atoms with van der Waals surface area (Å²) in [4.78, 5) is 3.86. The molecule has 3 heteroatoms. The van der Waals surface area contributed by atoms with E-state index in [0.717, 1.165) is 31.7 Å². The molecule has 16 heavy (non-hydrogen) atoms. The van der Waals surface area contributed by atoms with Crippen LogP contribution >= 0.6 is 0 Å². The fourth-order valence-electron chi connectivity index (χ4n) is 1.60. The summed E-state index contributed by atoms with van der Waals surface area (Å²) in [6.45, 7) is 1.75. The fourth-order valence-corrected chi connectivity index (χ4v) is 1.60. The predicted octanol–water partition coefficient (Wildman–Crippen LogP) is 2.40. The van der Waals surface area contributed by atoms with Gasteiger partial charge in [-0.15, -0.1) is 0 Å². The number of hydrogen-bond acceptors (Lipinski definition) is 3. The zero-order valence-corrected chi connectivity index (χ0v) is 9.23. The van der Waals surface area contributed by atoms with E-state index in [4.69, 9.17) is 4.42 Å². The zero-order valence-electron chi connectivity index (χ0n) is 9.23. The fraction of sp³-hybridized carbons (Fsp3) is 0.308. The highest BCUT2D eigenvalue weighted by atomic mass is 16.3. The Hall–Kier alpha value is -1.61. The maximum atomic E-state index is 5.12. The van der Waals surface area contributed by atoms with Crippen LogP contribution in [-0.4, -0.2) is 11.5 Å². The van der Waals surface area contributed by atoms with E-state index >= 15 is 0 Å². The number of aromatic nitrogens is 1. The minimum absolute atomic E-state index is 0.759. The maximum absolute atomic E-state index is 5.12. The van der Waals surface area contributed by atoms with E-state index in [-0.39, 0.29) is 0 Å². The molecule has 1 aromatic heterocycles. The van der Waals surface area contributed by atoms with Gasteiger partial charge in [0.1, 0.15) is 5.76 Å². The van der Waals surface area contributed by atoms with Crippen LogP contribution in [0, 0.1) is 0 Å². The Morgan fingerprint density at radius 3 is 2.81 bits per heavy atom. The molecule has 1 aromatic carbocycles. The smallest absolute Gasteiger partial charge is 0.180 e. The molecule has 0 aliphatic heterocycles. The van der Waals surface area contributed by atoms with Crippen molar-refractivity contribution in [3.8, 4) is 0 Å². The van der Waals surface area contributed by atoms with Crippen LogP contribution in [0.25, 0.3) is 0 Å². The van der Waals surface area contributed by atoms with Gasteiger partial charge in [-0.05, 0) is 24.9 Å². The van der Waals surface area contributed by atoms with Gasteiger partial charge < -0.3 is 9.73 Å². The van der Waals surface area contributed by atoms with Crippen molar-refractivity contribution in [2.45, 2.75) is 19.4 Å². The summed E-state index contributed by atoms with van der Waals surface area (Å²) in [5, 5.41) is 3.32. The number of nitrogens with one attached hydrogen (secondary N) is 1. The first-order chi connectivity index (χ1) is 7.95. The molecular weight excluding hydrogens is 200 g/mol. The molecule has 1 heterocycles. The first-order valence-electron chi connectivity index (χ1n) is 5.57. The molecule has 0 radical (unpaired) electrons. The second-order valence-electron chi connectivity index (χ2n) is 3.73. The highest BCUT2D eigenvalue weighted by Gasteiger charge is 1.95. The van der Waals surface area contributed by atoms with Crippen LogP contribution in [-0.2, 0) is 13.0 Å². The molecule has 0 unspecified atom stereocenters. The van der Waals surface area contributed by atoms with Gasteiger partial charge in [0.2, 0.25) is 0 Å². The Morgan fingerprint density at radius 1 is 1.19 bits per heavy atom. The molecule has 84 valence electrons. The number of rotatable bonds is 6. The third-order valence-electron chi connectivity index (χ3n) is 2.44. The molecule has 1 N–H and O–H groups in total. The third-order valence-corrected chi connectivity index (χ3v) is 2.44. The number of hydrogen-bond donors (Lipinski definition) is 1. The SMILES string of the molecule is c1ccc(CCCNCc2cnco2)cc1. The molecule has 0 saturated heterocycles. The summed E-state index contributed by atoms with van der Waals surface area (Å²) in [7, 11) is 0. The Morgan fingerprint density at radius 2 is 2.06 bits per heavy atom.